The summed E-state index contributed by atoms with van der Waals surface area (Å²) in [6.45, 7) is 4.07. The second-order valence-corrected chi connectivity index (χ2v) is 5.19. The molecule has 0 N–H and O–H groups in total. The first-order valence-corrected chi connectivity index (χ1v) is 6.30. The zero-order valence-electron chi connectivity index (χ0n) is 9.17. The molecule has 0 aromatic heterocycles. The topological polar surface area (TPSA) is 43.1 Å². The lowest BCUT2D eigenvalue weighted by atomic mass is 10.00. The average molecular weight is 307 g/mol. The Hall–Kier alpha value is -0.610. The van der Waals surface area contributed by atoms with E-state index in [1.165, 1.54) is 0 Å². The molecule has 3 nitrogen and oxygen atoms in total. The number of nitro groups is 1. The summed E-state index contributed by atoms with van der Waals surface area (Å²) in [4.78, 5) is 10.6. The highest BCUT2D eigenvalue weighted by Crippen LogP contribution is 2.31. The van der Waals surface area contributed by atoms with E-state index in [2.05, 4.69) is 15.9 Å². The normalized spacial score (nSPS) is 10.8. The smallest absolute Gasteiger partial charge is 0.258 e. The molecule has 0 bridgehead atoms. The first kappa shape index (κ1) is 13.5. The van der Waals surface area contributed by atoms with Crippen molar-refractivity contribution in [3.8, 4) is 0 Å². The van der Waals surface area contributed by atoms with Gasteiger partial charge in [-0.05, 0) is 24.0 Å². The molecule has 0 saturated heterocycles. The molecule has 1 rings (SSSR count). The van der Waals surface area contributed by atoms with Crippen LogP contribution in [0.1, 0.15) is 25.0 Å². The Kier molecular flexibility index (Phi) is 4.74. The maximum atomic E-state index is 11.0. The van der Waals surface area contributed by atoms with Crippen LogP contribution in [0.2, 0.25) is 0 Å². The number of hydrogen-bond acceptors (Lipinski definition) is 2. The van der Waals surface area contributed by atoms with Crippen LogP contribution >= 0.6 is 27.5 Å². The van der Waals surface area contributed by atoms with E-state index in [1.807, 2.05) is 19.9 Å². The molecule has 0 atom stereocenters. The van der Waals surface area contributed by atoms with Crippen molar-refractivity contribution in [1.82, 2.24) is 0 Å². The zero-order chi connectivity index (χ0) is 12.3. The maximum absolute atomic E-state index is 11.0. The minimum Gasteiger partial charge on any atom is -0.258 e. The fourth-order valence-corrected chi connectivity index (χ4v) is 2.34. The highest BCUT2D eigenvalue weighted by atomic mass is 79.9. The van der Waals surface area contributed by atoms with Crippen molar-refractivity contribution in [3.63, 3.8) is 0 Å². The molecule has 0 aliphatic carbocycles. The van der Waals surface area contributed by atoms with Gasteiger partial charge in [-0.2, -0.15) is 0 Å². The van der Waals surface area contributed by atoms with Gasteiger partial charge >= 0.3 is 0 Å². The standard InChI is InChI=1S/C11H13BrClNO2/c1-7(2)3-9-10(12)4-8(6-13)5-11(9)14(15)16/h4-5,7H,3,6H2,1-2H3. The highest BCUT2D eigenvalue weighted by molar-refractivity contribution is 9.10. The van der Waals surface area contributed by atoms with E-state index in [0.717, 1.165) is 15.6 Å². The van der Waals surface area contributed by atoms with Crippen LogP contribution in [0.15, 0.2) is 16.6 Å². The lowest BCUT2D eigenvalue weighted by Gasteiger charge is -2.09. The van der Waals surface area contributed by atoms with Crippen LogP contribution in [0.5, 0.6) is 0 Å². The number of nitrogens with zero attached hydrogens (tertiary/aromatic N) is 1. The van der Waals surface area contributed by atoms with E-state index < -0.39 is 0 Å². The molecule has 0 amide bonds. The Labute approximate surface area is 108 Å². The zero-order valence-corrected chi connectivity index (χ0v) is 11.5. The molecule has 0 unspecified atom stereocenters. The first-order valence-electron chi connectivity index (χ1n) is 4.97. The first-order chi connectivity index (χ1) is 7.45. The molecule has 0 aliphatic rings. The van der Waals surface area contributed by atoms with Crippen LogP contribution in [0, 0.1) is 16.0 Å². The average Bonchev–Trinajstić information content (AvgIpc) is 2.19. The Bertz CT molecular complexity index is 407. The summed E-state index contributed by atoms with van der Waals surface area (Å²) in [5.41, 5.74) is 1.65. The third kappa shape index (κ3) is 3.19. The molecule has 0 radical (unpaired) electrons. The molecule has 5 heteroatoms. The van der Waals surface area contributed by atoms with Gasteiger partial charge in [0.2, 0.25) is 0 Å². The molecule has 0 fully saturated rings. The molecule has 1 aromatic rings. The summed E-state index contributed by atoms with van der Waals surface area (Å²) in [6.07, 6.45) is 0.680. The van der Waals surface area contributed by atoms with E-state index in [4.69, 9.17) is 11.6 Å². The lowest BCUT2D eigenvalue weighted by molar-refractivity contribution is -0.385. The van der Waals surface area contributed by atoms with Crippen molar-refractivity contribution < 1.29 is 4.92 Å². The number of nitro benzene ring substituents is 1. The number of rotatable bonds is 4. The molecule has 0 saturated carbocycles. The number of benzene rings is 1. The van der Waals surface area contributed by atoms with Gasteiger partial charge in [0.25, 0.3) is 5.69 Å². The van der Waals surface area contributed by atoms with Gasteiger partial charge in [-0.25, -0.2) is 0 Å². The minimum absolute atomic E-state index is 0.152. The molecule has 88 valence electrons. The van der Waals surface area contributed by atoms with Crippen molar-refractivity contribution >= 4 is 33.2 Å². The summed E-state index contributed by atoms with van der Waals surface area (Å²) in [7, 11) is 0. The Morgan fingerprint density at radius 2 is 2.12 bits per heavy atom. The van der Waals surface area contributed by atoms with Crippen molar-refractivity contribution in [2.75, 3.05) is 0 Å². The third-order valence-corrected chi connectivity index (χ3v) is 3.21. The van der Waals surface area contributed by atoms with E-state index in [9.17, 15) is 10.1 Å². The second-order valence-electron chi connectivity index (χ2n) is 4.06. The Morgan fingerprint density at radius 3 is 2.56 bits per heavy atom. The molecular weight excluding hydrogens is 293 g/mol. The van der Waals surface area contributed by atoms with E-state index in [1.54, 1.807) is 6.07 Å². The molecule has 16 heavy (non-hydrogen) atoms. The minimum atomic E-state index is -0.349. The summed E-state index contributed by atoms with van der Waals surface area (Å²) in [6, 6.07) is 3.40. The SMILES string of the molecule is CC(C)Cc1c(Br)cc(CCl)cc1[N+](=O)[O-]. The summed E-state index contributed by atoms with van der Waals surface area (Å²) in [5.74, 6) is 0.651. The maximum Gasteiger partial charge on any atom is 0.274 e. The largest absolute Gasteiger partial charge is 0.274 e. The van der Waals surface area contributed by atoms with Crippen LogP contribution in [0.25, 0.3) is 0 Å². The van der Waals surface area contributed by atoms with Crippen molar-refractivity contribution in [1.29, 1.82) is 0 Å². The van der Waals surface area contributed by atoms with Crippen molar-refractivity contribution in [3.05, 3.63) is 37.8 Å². The Balaban J connectivity index is 3.28. The second kappa shape index (κ2) is 5.64. The predicted octanol–water partition coefficient (Wildman–Crippen LogP) is 4.29. The van der Waals surface area contributed by atoms with E-state index in [-0.39, 0.29) is 16.5 Å². The van der Waals surface area contributed by atoms with Gasteiger partial charge < -0.3 is 0 Å². The molecule has 0 aliphatic heterocycles. The summed E-state index contributed by atoms with van der Waals surface area (Å²) >= 11 is 9.06. The Morgan fingerprint density at radius 1 is 1.50 bits per heavy atom. The van der Waals surface area contributed by atoms with Crippen LogP contribution in [-0.4, -0.2) is 4.92 Å². The molecule has 1 aromatic carbocycles. The number of alkyl halides is 1. The third-order valence-electron chi connectivity index (χ3n) is 2.20. The van der Waals surface area contributed by atoms with Crippen LogP contribution in [0.3, 0.4) is 0 Å². The van der Waals surface area contributed by atoms with E-state index >= 15 is 0 Å². The van der Waals surface area contributed by atoms with Crippen LogP contribution < -0.4 is 0 Å². The predicted molar refractivity (Wildman–Crippen MR) is 68.9 cm³/mol. The fraction of sp³-hybridized carbons (Fsp3) is 0.455. The quantitative estimate of drug-likeness (QED) is 0.473. The monoisotopic (exact) mass is 305 g/mol. The summed E-state index contributed by atoms with van der Waals surface area (Å²) < 4.78 is 0.769. The van der Waals surface area contributed by atoms with Gasteiger partial charge in [0.1, 0.15) is 0 Å². The van der Waals surface area contributed by atoms with Gasteiger partial charge in [-0.3, -0.25) is 10.1 Å². The van der Waals surface area contributed by atoms with Gasteiger partial charge in [-0.15, -0.1) is 11.6 Å². The van der Waals surface area contributed by atoms with Crippen molar-refractivity contribution in [2.24, 2.45) is 5.92 Å². The fourth-order valence-electron chi connectivity index (χ4n) is 1.53. The van der Waals surface area contributed by atoms with E-state index in [0.29, 0.717) is 12.3 Å². The van der Waals surface area contributed by atoms with Gasteiger partial charge in [0, 0.05) is 22.0 Å². The highest BCUT2D eigenvalue weighted by Gasteiger charge is 2.19. The molecule has 0 spiro atoms. The lowest BCUT2D eigenvalue weighted by Crippen LogP contribution is -2.02. The molecule has 0 heterocycles. The van der Waals surface area contributed by atoms with Crippen LogP contribution in [-0.2, 0) is 12.3 Å². The molecular formula is C11H13BrClNO2. The summed E-state index contributed by atoms with van der Waals surface area (Å²) in [5, 5.41) is 11.0. The van der Waals surface area contributed by atoms with Crippen molar-refractivity contribution in [2.45, 2.75) is 26.1 Å². The van der Waals surface area contributed by atoms with Gasteiger partial charge in [0.15, 0.2) is 0 Å². The number of halogens is 2. The van der Waals surface area contributed by atoms with Gasteiger partial charge in [0.05, 0.1) is 4.92 Å². The number of hydrogen-bond donors (Lipinski definition) is 0. The van der Waals surface area contributed by atoms with Gasteiger partial charge in [-0.1, -0.05) is 29.8 Å². The van der Waals surface area contributed by atoms with Crippen LogP contribution in [0.4, 0.5) is 5.69 Å².